The van der Waals surface area contributed by atoms with Gasteiger partial charge in [-0.3, -0.25) is 14.2 Å². The zero-order valence-electron chi connectivity index (χ0n) is 12.4. The maximum absolute atomic E-state index is 12.6. The summed E-state index contributed by atoms with van der Waals surface area (Å²) in [6, 6.07) is 15.1. The predicted octanol–water partition coefficient (Wildman–Crippen LogP) is 3.33. The molecule has 2 aromatic carbocycles. The number of nitrogens with zero attached hydrogens (tertiary/aromatic N) is 2. The van der Waals surface area contributed by atoms with Crippen molar-refractivity contribution in [3.8, 4) is 0 Å². The van der Waals surface area contributed by atoms with Crippen molar-refractivity contribution in [2.75, 3.05) is 5.32 Å². The van der Waals surface area contributed by atoms with E-state index < -0.39 is 0 Å². The zero-order chi connectivity index (χ0) is 16.3. The average molecular weight is 333 g/mol. The number of nitrogens with one attached hydrogen (secondary N) is 1. The van der Waals surface area contributed by atoms with Gasteiger partial charge in [-0.05, 0) is 24.3 Å². The lowest BCUT2D eigenvalue weighted by atomic mass is 10.2. The van der Waals surface area contributed by atoms with E-state index in [0.717, 1.165) is 21.2 Å². The fourth-order valence-electron chi connectivity index (χ4n) is 3.17. The van der Waals surface area contributed by atoms with E-state index in [1.807, 2.05) is 30.3 Å². The van der Waals surface area contributed by atoms with E-state index >= 15 is 0 Å². The number of benzene rings is 2. The number of hydrogen-bond donors (Lipinski definition) is 1. The number of allylic oxidation sites excluding steroid dienone is 1. The minimum atomic E-state index is -0.301. The summed E-state index contributed by atoms with van der Waals surface area (Å²) in [5.74, 6) is 0.390. The molecule has 0 atom stereocenters. The highest BCUT2D eigenvalue weighted by Gasteiger charge is 2.32. The van der Waals surface area contributed by atoms with E-state index in [9.17, 15) is 9.59 Å². The molecular formula is C18H11N3O2S. The molecule has 0 fully saturated rings. The van der Waals surface area contributed by atoms with Crippen LogP contribution in [0.2, 0.25) is 0 Å². The van der Waals surface area contributed by atoms with Crippen LogP contribution in [0.5, 0.6) is 0 Å². The molecule has 0 bridgehead atoms. The van der Waals surface area contributed by atoms with Gasteiger partial charge in [0.05, 0.1) is 28.0 Å². The molecule has 5 nitrogen and oxygen atoms in total. The van der Waals surface area contributed by atoms with Crippen molar-refractivity contribution in [2.45, 2.75) is 11.3 Å². The van der Waals surface area contributed by atoms with Gasteiger partial charge in [0.1, 0.15) is 0 Å². The van der Waals surface area contributed by atoms with Gasteiger partial charge in [0.15, 0.2) is 5.82 Å². The Balaban J connectivity index is 1.77. The highest BCUT2D eigenvalue weighted by Crippen LogP contribution is 2.45. The Kier molecular flexibility index (Phi) is 2.72. The van der Waals surface area contributed by atoms with E-state index in [1.54, 1.807) is 34.5 Å². The van der Waals surface area contributed by atoms with Crippen molar-refractivity contribution in [2.24, 2.45) is 0 Å². The molecule has 116 valence electrons. The third kappa shape index (κ3) is 1.80. The molecule has 0 radical (unpaired) electrons. The lowest BCUT2D eigenvalue weighted by Gasteiger charge is -2.07. The number of rotatable bonds is 0. The average Bonchev–Trinajstić information content (AvgIpc) is 3.16. The molecule has 3 heterocycles. The number of fused-ring (bicyclic) bond motifs is 4. The Morgan fingerprint density at radius 1 is 1.04 bits per heavy atom. The molecule has 0 saturated carbocycles. The minimum absolute atomic E-state index is 0.0606. The van der Waals surface area contributed by atoms with Gasteiger partial charge in [0.25, 0.3) is 5.56 Å². The van der Waals surface area contributed by atoms with Gasteiger partial charge in [0.2, 0.25) is 5.91 Å². The first-order chi connectivity index (χ1) is 11.7. The number of hydrogen-bond acceptors (Lipinski definition) is 5. The van der Waals surface area contributed by atoms with E-state index in [4.69, 9.17) is 0 Å². The van der Waals surface area contributed by atoms with Crippen molar-refractivity contribution < 1.29 is 4.79 Å². The van der Waals surface area contributed by atoms with Crippen LogP contribution in [0.3, 0.4) is 0 Å². The molecular weight excluding hydrogens is 322 g/mol. The van der Waals surface area contributed by atoms with Gasteiger partial charge < -0.3 is 5.32 Å². The summed E-state index contributed by atoms with van der Waals surface area (Å²) < 4.78 is 1.56. The maximum atomic E-state index is 12.6. The molecule has 2 aliphatic rings. The molecule has 6 heteroatoms. The summed E-state index contributed by atoms with van der Waals surface area (Å²) in [6.45, 7) is 0. The number of carbonyl (C=O) groups is 1. The number of aromatic nitrogens is 2. The fraction of sp³-hybridized carbons (Fsp3) is 0.0556. The number of para-hydroxylation sites is 2. The predicted molar refractivity (Wildman–Crippen MR) is 94.1 cm³/mol. The smallest absolute Gasteiger partial charge is 0.281 e. The monoisotopic (exact) mass is 333 g/mol. The third-order valence-corrected chi connectivity index (χ3v) is 5.39. The first-order valence-electron chi connectivity index (χ1n) is 7.55. The Morgan fingerprint density at radius 3 is 2.71 bits per heavy atom. The SMILES string of the molecule is O=C1CC(=C2Nc3ccccc3S2)c2nc(=O)c3ccccc3n21. The van der Waals surface area contributed by atoms with Gasteiger partial charge in [-0.25, -0.2) is 0 Å². The molecule has 1 N–H and O–H groups in total. The van der Waals surface area contributed by atoms with Crippen molar-refractivity contribution >= 4 is 39.8 Å². The maximum Gasteiger partial charge on any atom is 0.281 e. The highest BCUT2D eigenvalue weighted by molar-refractivity contribution is 8.04. The van der Waals surface area contributed by atoms with Crippen molar-refractivity contribution in [1.82, 2.24) is 9.55 Å². The Bertz CT molecular complexity index is 1100. The van der Waals surface area contributed by atoms with Crippen LogP contribution in [0, 0.1) is 0 Å². The minimum Gasteiger partial charge on any atom is -0.349 e. The van der Waals surface area contributed by atoms with Crippen LogP contribution in [-0.4, -0.2) is 15.5 Å². The van der Waals surface area contributed by atoms with Gasteiger partial charge >= 0.3 is 0 Å². The molecule has 0 saturated heterocycles. The summed E-state index contributed by atoms with van der Waals surface area (Å²) in [5, 5.41) is 4.68. The fourth-order valence-corrected chi connectivity index (χ4v) is 4.21. The largest absolute Gasteiger partial charge is 0.349 e. The van der Waals surface area contributed by atoms with Crippen LogP contribution in [0.4, 0.5) is 5.69 Å². The van der Waals surface area contributed by atoms with E-state index in [0.29, 0.717) is 16.7 Å². The van der Waals surface area contributed by atoms with E-state index in [2.05, 4.69) is 10.3 Å². The normalized spacial score (nSPS) is 18.6. The van der Waals surface area contributed by atoms with Crippen LogP contribution in [0.1, 0.15) is 17.0 Å². The first-order valence-corrected chi connectivity index (χ1v) is 8.36. The second-order valence-electron chi connectivity index (χ2n) is 5.69. The summed E-state index contributed by atoms with van der Waals surface area (Å²) in [5.41, 5.74) is 2.11. The number of thioether (sulfide) groups is 1. The topological polar surface area (TPSA) is 64.0 Å². The zero-order valence-corrected chi connectivity index (χ0v) is 13.3. The highest BCUT2D eigenvalue weighted by atomic mass is 32.2. The van der Waals surface area contributed by atoms with Crippen LogP contribution in [0.15, 0.2) is 63.3 Å². The van der Waals surface area contributed by atoms with Gasteiger partial charge in [-0.15, -0.1) is 0 Å². The van der Waals surface area contributed by atoms with Crippen LogP contribution in [0.25, 0.3) is 16.5 Å². The molecule has 0 aliphatic carbocycles. The third-order valence-electron chi connectivity index (χ3n) is 4.26. The molecule has 1 aromatic heterocycles. The van der Waals surface area contributed by atoms with Crippen molar-refractivity contribution in [3.63, 3.8) is 0 Å². The van der Waals surface area contributed by atoms with Crippen LogP contribution < -0.4 is 10.9 Å². The molecule has 0 spiro atoms. The standard InChI is InChI=1S/C18H11N3O2S/c22-15-9-11(18-19-12-6-2-4-8-14(12)24-18)16-20-17(23)10-5-1-3-7-13(10)21(15)16/h1-8,19H,9H2. The van der Waals surface area contributed by atoms with Gasteiger partial charge in [0, 0.05) is 10.5 Å². The lowest BCUT2D eigenvalue weighted by Crippen LogP contribution is -2.17. The molecule has 0 unspecified atom stereocenters. The van der Waals surface area contributed by atoms with E-state index in [-0.39, 0.29) is 17.9 Å². The second kappa shape index (κ2) is 4.82. The van der Waals surface area contributed by atoms with Crippen molar-refractivity contribution in [3.05, 3.63) is 69.7 Å². The summed E-state index contributed by atoms with van der Waals surface area (Å²) in [7, 11) is 0. The number of anilines is 1. The van der Waals surface area contributed by atoms with Gasteiger partial charge in [-0.1, -0.05) is 36.0 Å². The van der Waals surface area contributed by atoms with Gasteiger partial charge in [-0.2, -0.15) is 4.98 Å². The molecule has 24 heavy (non-hydrogen) atoms. The van der Waals surface area contributed by atoms with Crippen LogP contribution in [-0.2, 0) is 0 Å². The lowest BCUT2D eigenvalue weighted by molar-refractivity contribution is 0.0934. The molecule has 5 rings (SSSR count). The first kappa shape index (κ1) is 13.6. The van der Waals surface area contributed by atoms with E-state index in [1.165, 1.54) is 0 Å². The molecule has 3 aromatic rings. The Morgan fingerprint density at radius 2 is 1.83 bits per heavy atom. The Labute approximate surface area is 141 Å². The second-order valence-corrected chi connectivity index (χ2v) is 6.75. The quantitative estimate of drug-likeness (QED) is 0.684. The summed E-state index contributed by atoms with van der Waals surface area (Å²) >= 11 is 1.57. The molecule has 2 aliphatic heterocycles. The van der Waals surface area contributed by atoms with Crippen molar-refractivity contribution in [1.29, 1.82) is 0 Å². The number of carbonyl (C=O) groups excluding carboxylic acids is 1. The van der Waals surface area contributed by atoms with Crippen LogP contribution >= 0.6 is 11.8 Å². The summed E-state index contributed by atoms with van der Waals surface area (Å²) in [4.78, 5) is 30.2. The Hall–Kier alpha value is -2.86. The summed E-state index contributed by atoms with van der Waals surface area (Å²) in [6.07, 6.45) is 0.240. The molecule has 0 amide bonds.